The van der Waals surface area contributed by atoms with Crippen molar-refractivity contribution in [1.82, 2.24) is 15.5 Å². The summed E-state index contributed by atoms with van der Waals surface area (Å²) in [4.78, 5) is 25.0. The highest BCUT2D eigenvalue weighted by atomic mass is 19.1. The van der Waals surface area contributed by atoms with Crippen LogP contribution in [0.3, 0.4) is 0 Å². The average molecular weight is 281 g/mol. The lowest BCUT2D eigenvalue weighted by atomic mass is 10.1. The summed E-state index contributed by atoms with van der Waals surface area (Å²) in [6.07, 6.45) is 0.130. The zero-order valence-corrected chi connectivity index (χ0v) is 11.8. The molecule has 1 aromatic carbocycles. The summed E-state index contributed by atoms with van der Waals surface area (Å²) in [5.41, 5.74) is 0.705. The van der Waals surface area contributed by atoms with E-state index in [9.17, 15) is 14.0 Å². The van der Waals surface area contributed by atoms with E-state index in [1.54, 1.807) is 12.1 Å². The summed E-state index contributed by atoms with van der Waals surface area (Å²) >= 11 is 0. The van der Waals surface area contributed by atoms with E-state index in [-0.39, 0.29) is 30.6 Å². The van der Waals surface area contributed by atoms with Crippen LogP contribution in [0.2, 0.25) is 0 Å². The van der Waals surface area contributed by atoms with Gasteiger partial charge in [-0.05, 0) is 31.8 Å². The minimum Gasteiger partial charge on any atom is -0.353 e. The van der Waals surface area contributed by atoms with Crippen LogP contribution < -0.4 is 10.6 Å². The molecular formula is C14H20FN3O2. The molecule has 0 fully saturated rings. The van der Waals surface area contributed by atoms with Gasteiger partial charge in [-0.2, -0.15) is 0 Å². The molecule has 5 nitrogen and oxygen atoms in total. The number of nitrogens with one attached hydrogen (secondary N) is 2. The molecule has 110 valence electrons. The molecule has 0 saturated heterocycles. The molecule has 6 heteroatoms. The van der Waals surface area contributed by atoms with Gasteiger partial charge in [0.25, 0.3) is 0 Å². The fourth-order valence-corrected chi connectivity index (χ4v) is 1.51. The van der Waals surface area contributed by atoms with Crippen LogP contribution in [-0.4, -0.2) is 50.4 Å². The quantitative estimate of drug-likeness (QED) is 0.748. The minimum atomic E-state index is -0.338. The van der Waals surface area contributed by atoms with Crippen molar-refractivity contribution in [3.8, 4) is 0 Å². The first kappa shape index (κ1) is 16.1. The lowest BCUT2D eigenvalue weighted by Gasteiger charge is -2.10. The molecule has 1 aromatic rings. The molecule has 1 rings (SSSR count). The van der Waals surface area contributed by atoms with E-state index in [0.29, 0.717) is 12.1 Å². The van der Waals surface area contributed by atoms with Crippen LogP contribution in [0.5, 0.6) is 0 Å². The third-order valence-electron chi connectivity index (χ3n) is 2.61. The summed E-state index contributed by atoms with van der Waals surface area (Å²) in [6.45, 7) is 1.24. The van der Waals surface area contributed by atoms with E-state index in [1.165, 1.54) is 12.1 Å². The first-order valence-electron chi connectivity index (χ1n) is 6.40. The maximum Gasteiger partial charge on any atom is 0.239 e. The number of rotatable bonds is 7. The summed E-state index contributed by atoms with van der Waals surface area (Å²) < 4.78 is 12.7. The van der Waals surface area contributed by atoms with Gasteiger partial charge in [-0.25, -0.2) is 4.39 Å². The topological polar surface area (TPSA) is 61.4 Å². The Kier molecular flexibility index (Phi) is 6.66. The van der Waals surface area contributed by atoms with Gasteiger partial charge in [0.15, 0.2) is 0 Å². The van der Waals surface area contributed by atoms with E-state index in [1.807, 2.05) is 19.0 Å². The molecule has 0 spiro atoms. The Hall–Kier alpha value is -1.95. The smallest absolute Gasteiger partial charge is 0.239 e. The van der Waals surface area contributed by atoms with Crippen LogP contribution in [0.1, 0.15) is 5.56 Å². The molecule has 0 aliphatic carbocycles. The van der Waals surface area contributed by atoms with Crippen LogP contribution in [0, 0.1) is 5.82 Å². The molecule has 0 heterocycles. The zero-order chi connectivity index (χ0) is 15.0. The van der Waals surface area contributed by atoms with E-state index in [2.05, 4.69) is 10.6 Å². The Labute approximate surface area is 118 Å². The number of nitrogens with zero attached hydrogens (tertiary/aromatic N) is 1. The van der Waals surface area contributed by atoms with Crippen molar-refractivity contribution in [3.05, 3.63) is 35.6 Å². The van der Waals surface area contributed by atoms with Crippen LogP contribution in [0.15, 0.2) is 24.3 Å². The highest BCUT2D eigenvalue weighted by Gasteiger charge is 2.06. The van der Waals surface area contributed by atoms with Crippen molar-refractivity contribution in [3.63, 3.8) is 0 Å². The van der Waals surface area contributed by atoms with Crippen molar-refractivity contribution in [2.45, 2.75) is 6.42 Å². The summed E-state index contributed by atoms with van der Waals surface area (Å²) in [5, 5.41) is 5.22. The summed E-state index contributed by atoms with van der Waals surface area (Å²) in [7, 11) is 3.83. The predicted octanol–water partition coefficient (Wildman–Crippen LogP) is 0.162. The largest absolute Gasteiger partial charge is 0.353 e. The molecule has 2 amide bonds. The predicted molar refractivity (Wildman–Crippen MR) is 74.7 cm³/mol. The molecule has 0 aliphatic heterocycles. The normalized spacial score (nSPS) is 10.4. The van der Waals surface area contributed by atoms with E-state index >= 15 is 0 Å². The fourth-order valence-electron chi connectivity index (χ4n) is 1.51. The van der Waals surface area contributed by atoms with Crippen molar-refractivity contribution in [1.29, 1.82) is 0 Å². The van der Waals surface area contributed by atoms with E-state index < -0.39 is 0 Å². The number of halogens is 1. The number of carbonyl (C=O) groups is 2. The number of likely N-dealkylation sites (N-methyl/N-ethyl adjacent to an activating group) is 1. The Balaban J connectivity index is 2.22. The average Bonchev–Trinajstić information content (AvgIpc) is 2.39. The SMILES string of the molecule is CN(C)CCNC(=O)CNC(=O)Cc1ccc(F)cc1. The summed E-state index contributed by atoms with van der Waals surface area (Å²) in [6, 6.07) is 5.70. The van der Waals surface area contributed by atoms with Crippen molar-refractivity contribution in [2.75, 3.05) is 33.7 Å². The second-order valence-corrected chi connectivity index (χ2v) is 4.73. The molecule has 2 N–H and O–H groups in total. The second kappa shape index (κ2) is 8.27. The third-order valence-corrected chi connectivity index (χ3v) is 2.61. The fraction of sp³-hybridized carbons (Fsp3) is 0.429. The first-order valence-corrected chi connectivity index (χ1v) is 6.40. The number of hydrogen-bond donors (Lipinski definition) is 2. The number of carbonyl (C=O) groups excluding carboxylic acids is 2. The molecule has 0 unspecified atom stereocenters. The zero-order valence-electron chi connectivity index (χ0n) is 11.8. The maximum atomic E-state index is 12.7. The summed E-state index contributed by atoms with van der Waals surface area (Å²) in [5.74, 6) is -0.826. The number of benzene rings is 1. The van der Waals surface area contributed by atoms with Crippen molar-refractivity contribution < 1.29 is 14.0 Å². The highest BCUT2D eigenvalue weighted by molar-refractivity contribution is 5.85. The van der Waals surface area contributed by atoms with Crippen LogP contribution >= 0.6 is 0 Å². The van der Waals surface area contributed by atoms with Gasteiger partial charge < -0.3 is 15.5 Å². The Morgan fingerprint density at radius 1 is 1.10 bits per heavy atom. The van der Waals surface area contributed by atoms with Crippen molar-refractivity contribution >= 4 is 11.8 Å². The monoisotopic (exact) mass is 281 g/mol. The van der Waals surface area contributed by atoms with Gasteiger partial charge in [0.1, 0.15) is 5.82 Å². The van der Waals surface area contributed by atoms with Gasteiger partial charge in [-0.3, -0.25) is 9.59 Å². The lowest BCUT2D eigenvalue weighted by Crippen LogP contribution is -2.39. The van der Waals surface area contributed by atoms with Gasteiger partial charge in [-0.15, -0.1) is 0 Å². The molecule has 0 atom stereocenters. The van der Waals surface area contributed by atoms with Gasteiger partial charge in [-0.1, -0.05) is 12.1 Å². The third kappa shape index (κ3) is 6.84. The molecular weight excluding hydrogens is 261 g/mol. The molecule has 0 radical (unpaired) electrons. The number of hydrogen-bond acceptors (Lipinski definition) is 3. The number of amides is 2. The molecule has 0 saturated carbocycles. The molecule has 0 aliphatic rings. The minimum absolute atomic E-state index is 0.0482. The molecule has 0 bridgehead atoms. The highest BCUT2D eigenvalue weighted by Crippen LogP contribution is 2.03. The maximum absolute atomic E-state index is 12.7. The van der Waals surface area contributed by atoms with Crippen LogP contribution in [0.25, 0.3) is 0 Å². The van der Waals surface area contributed by atoms with Gasteiger partial charge in [0, 0.05) is 13.1 Å². The molecule has 0 aromatic heterocycles. The lowest BCUT2D eigenvalue weighted by molar-refractivity contribution is -0.125. The van der Waals surface area contributed by atoms with Crippen LogP contribution in [-0.2, 0) is 16.0 Å². The second-order valence-electron chi connectivity index (χ2n) is 4.73. The Morgan fingerprint density at radius 2 is 1.75 bits per heavy atom. The first-order chi connectivity index (χ1) is 9.47. The van der Waals surface area contributed by atoms with Crippen molar-refractivity contribution in [2.24, 2.45) is 0 Å². The van der Waals surface area contributed by atoms with Gasteiger partial charge >= 0.3 is 0 Å². The van der Waals surface area contributed by atoms with E-state index in [4.69, 9.17) is 0 Å². The van der Waals surface area contributed by atoms with Gasteiger partial charge in [0.05, 0.1) is 13.0 Å². The molecule has 20 heavy (non-hydrogen) atoms. The standard InChI is InChI=1S/C14H20FN3O2/c1-18(2)8-7-16-14(20)10-17-13(19)9-11-3-5-12(15)6-4-11/h3-6H,7-10H2,1-2H3,(H,16,20)(H,17,19). The van der Waals surface area contributed by atoms with Crippen LogP contribution in [0.4, 0.5) is 4.39 Å². The van der Waals surface area contributed by atoms with E-state index in [0.717, 1.165) is 6.54 Å². The van der Waals surface area contributed by atoms with Gasteiger partial charge in [0.2, 0.25) is 11.8 Å². The Bertz CT molecular complexity index is 446. The Morgan fingerprint density at radius 3 is 2.35 bits per heavy atom.